The quantitative estimate of drug-likeness (QED) is 0.886. The molecule has 0 aliphatic carbocycles. The zero-order valence-corrected chi connectivity index (χ0v) is 13.2. The number of rotatable bonds is 6. The van der Waals surface area contributed by atoms with Gasteiger partial charge < -0.3 is 14.7 Å². The molecule has 5 heteroatoms. The Morgan fingerprint density at radius 1 is 1.12 bits per heavy atom. The molecule has 2 aromatic carbocycles. The number of nitrogens with zero attached hydrogens (tertiary/aromatic N) is 1. The van der Waals surface area contributed by atoms with Gasteiger partial charge in [-0.1, -0.05) is 42.5 Å². The zero-order chi connectivity index (χ0) is 16.9. The smallest absolute Gasteiger partial charge is 0.410 e. The molecule has 1 heterocycles. The number of carbonyl (C=O) groups is 2. The fourth-order valence-corrected chi connectivity index (χ4v) is 2.93. The second-order valence-electron chi connectivity index (χ2n) is 5.87. The van der Waals surface area contributed by atoms with Crippen molar-refractivity contribution in [1.29, 1.82) is 0 Å². The molecule has 1 unspecified atom stereocenters. The fourth-order valence-electron chi connectivity index (χ4n) is 2.93. The number of carbonyl (C=O) groups excluding carboxylic acids is 1. The van der Waals surface area contributed by atoms with E-state index in [0.29, 0.717) is 19.6 Å². The first-order chi connectivity index (χ1) is 11.6. The van der Waals surface area contributed by atoms with E-state index in [1.807, 2.05) is 36.4 Å². The highest BCUT2D eigenvalue weighted by molar-refractivity contribution is 5.87. The number of cyclic esters (lactones) is 1. The Morgan fingerprint density at radius 3 is 2.62 bits per heavy atom. The van der Waals surface area contributed by atoms with Gasteiger partial charge in [0.15, 0.2) is 0 Å². The summed E-state index contributed by atoms with van der Waals surface area (Å²) in [6.07, 6.45) is 1.05. The van der Waals surface area contributed by atoms with E-state index in [1.54, 1.807) is 23.1 Å². The van der Waals surface area contributed by atoms with Crippen molar-refractivity contribution >= 4 is 12.1 Å². The summed E-state index contributed by atoms with van der Waals surface area (Å²) in [5, 5.41) is 9.05. The van der Waals surface area contributed by atoms with E-state index in [9.17, 15) is 9.59 Å². The van der Waals surface area contributed by atoms with E-state index in [2.05, 4.69) is 0 Å². The molecule has 1 fully saturated rings. The van der Waals surface area contributed by atoms with Crippen LogP contribution in [0.4, 0.5) is 4.79 Å². The van der Waals surface area contributed by atoms with Gasteiger partial charge in [-0.05, 0) is 36.1 Å². The van der Waals surface area contributed by atoms with Crippen molar-refractivity contribution in [2.45, 2.75) is 18.9 Å². The van der Waals surface area contributed by atoms with Crippen LogP contribution >= 0.6 is 0 Å². The largest absolute Gasteiger partial charge is 0.478 e. The van der Waals surface area contributed by atoms with Crippen LogP contribution in [-0.2, 0) is 17.6 Å². The molecule has 1 N–H and O–H groups in total. The molecule has 1 saturated heterocycles. The normalized spacial score (nSPS) is 16.9. The minimum absolute atomic E-state index is 0.0163. The van der Waals surface area contributed by atoms with Crippen molar-refractivity contribution in [3.05, 3.63) is 71.3 Å². The van der Waals surface area contributed by atoms with Gasteiger partial charge >= 0.3 is 12.1 Å². The third kappa shape index (κ3) is 3.74. The monoisotopic (exact) mass is 325 g/mol. The number of hydrogen-bond acceptors (Lipinski definition) is 3. The third-order valence-electron chi connectivity index (χ3n) is 4.20. The van der Waals surface area contributed by atoms with Crippen molar-refractivity contribution in [1.82, 2.24) is 4.90 Å². The molecule has 0 saturated carbocycles. The first kappa shape index (κ1) is 16.1. The zero-order valence-electron chi connectivity index (χ0n) is 13.2. The van der Waals surface area contributed by atoms with Crippen LogP contribution in [0.3, 0.4) is 0 Å². The lowest BCUT2D eigenvalue weighted by atomic mass is 10.0. The second-order valence-corrected chi connectivity index (χ2v) is 5.87. The SMILES string of the molecule is O=C(O)c1cccc(CCN2C(=O)OCC2Cc2ccccc2)c1. The van der Waals surface area contributed by atoms with Crippen LogP contribution in [0.15, 0.2) is 54.6 Å². The molecule has 0 aromatic heterocycles. The van der Waals surface area contributed by atoms with Crippen LogP contribution in [0.1, 0.15) is 21.5 Å². The summed E-state index contributed by atoms with van der Waals surface area (Å²) >= 11 is 0. The van der Waals surface area contributed by atoms with E-state index in [1.165, 1.54) is 5.56 Å². The van der Waals surface area contributed by atoms with Gasteiger partial charge in [-0.2, -0.15) is 0 Å². The van der Waals surface area contributed by atoms with Gasteiger partial charge in [0.1, 0.15) is 6.61 Å². The second kappa shape index (κ2) is 7.17. The fraction of sp³-hybridized carbons (Fsp3) is 0.263. The molecular formula is C19H19NO4. The van der Waals surface area contributed by atoms with Crippen molar-refractivity contribution in [3.8, 4) is 0 Å². The lowest BCUT2D eigenvalue weighted by molar-refractivity contribution is 0.0696. The van der Waals surface area contributed by atoms with Crippen LogP contribution in [-0.4, -0.2) is 41.3 Å². The predicted octanol–water partition coefficient (Wildman–Crippen LogP) is 2.99. The van der Waals surface area contributed by atoms with Crippen molar-refractivity contribution < 1.29 is 19.4 Å². The van der Waals surface area contributed by atoms with Crippen molar-refractivity contribution in [3.63, 3.8) is 0 Å². The van der Waals surface area contributed by atoms with Gasteiger partial charge in [0.05, 0.1) is 11.6 Å². The molecule has 0 bridgehead atoms. The van der Waals surface area contributed by atoms with Gasteiger partial charge in [-0.25, -0.2) is 9.59 Å². The summed E-state index contributed by atoms with van der Waals surface area (Å²) in [6.45, 7) is 0.905. The first-order valence-electron chi connectivity index (χ1n) is 7.93. The standard InChI is InChI=1S/C19H19NO4/c21-18(22)16-8-4-7-15(11-16)9-10-20-17(13-24-19(20)23)12-14-5-2-1-3-6-14/h1-8,11,17H,9-10,12-13H2,(H,21,22). The summed E-state index contributed by atoms with van der Waals surface area (Å²) in [4.78, 5) is 24.8. The van der Waals surface area contributed by atoms with E-state index < -0.39 is 5.97 Å². The Balaban J connectivity index is 1.65. The van der Waals surface area contributed by atoms with Gasteiger partial charge in [-0.15, -0.1) is 0 Å². The minimum Gasteiger partial charge on any atom is -0.478 e. The molecule has 1 amide bonds. The molecule has 3 rings (SSSR count). The van der Waals surface area contributed by atoms with E-state index in [4.69, 9.17) is 9.84 Å². The average molecular weight is 325 g/mol. The Morgan fingerprint density at radius 2 is 1.88 bits per heavy atom. The van der Waals surface area contributed by atoms with E-state index in [-0.39, 0.29) is 17.7 Å². The van der Waals surface area contributed by atoms with Crippen molar-refractivity contribution in [2.75, 3.05) is 13.2 Å². The number of carboxylic acid groups (broad SMARTS) is 1. The van der Waals surface area contributed by atoms with Gasteiger partial charge in [-0.3, -0.25) is 0 Å². The Hall–Kier alpha value is -2.82. The summed E-state index contributed by atoms with van der Waals surface area (Å²) in [6, 6.07) is 16.8. The van der Waals surface area contributed by atoms with Crippen LogP contribution in [0.5, 0.6) is 0 Å². The van der Waals surface area contributed by atoms with Crippen LogP contribution in [0.2, 0.25) is 0 Å². The summed E-state index contributed by atoms with van der Waals surface area (Å²) in [7, 11) is 0. The highest BCUT2D eigenvalue weighted by atomic mass is 16.6. The lowest BCUT2D eigenvalue weighted by Gasteiger charge is -2.21. The molecule has 5 nitrogen and oxygen atoms in total. The number of aromatic carboxylic acids is 1. The third-order valence-corrected chi connectivity index (χ3v) is 4.20. The molecule has 1 aliphatic heterocycles. The van der Waals surface area contributed by atoms with Crippen LogP contribution in [0.25, 0.3) is 0 Å². The van der Waals surface area contributed by atoms with Gasteiger partial charge in [0.2, 0.25) is 0 Å². The number of amides is 1. The molecule has 2 aromatic rings. The Bertz CT molecular complexity index is 729. The summed E-state index contributed by atoms with van der Waals surface area (Å²) in [5.74, 6) is -0.945. The Labute approximate surface area is 140 Å². The molecule has 124 valence electrons. The molecule has 0 radical (unpaired) electrons. The molecular weight excluding hydrogens is 306 g/mol. The molecule has 0 spiro atoms. The maximum absolute atomic E-state index is 12.0. The maximum atomic E-state index is 12.0. The highest BCUT2D eigenvalue weighted by Crippen LogP contribution is 2.18. The van der Waals surface area contributed by atoms with E-state index >= 15 is 0 Å². The van der Waals surface area contributed by atoms with E-state index in [0.717, 1.165) is 12.0 Å². The number of ether oxygens (including phenoxy) is 1. The van der Waals surface area contributed by atoms with Crippen LogP contribution in [0, 0.1) is 0 Å². The van der Waals surface area contributed by atoms with Gasteiger partial charge in [0.25, 0.3) is 0 Å². The topological polar surface area (TPSA) is 66.8 Å². The number of benzene rings is 2. The highest BCUT2D eigenvalue weighted by Gasteiger charge is 2.32. The first-order valence-corrected chi connectivity index (χ1v) is 7.93. The predicted molar refractivity (Wildman–Crippen MR) is 89.1 cm³/mol. The summed E-state index contributed by atoms with van der Waals surface area (Å²) < 4.78 is 5.19. The van der Waals surface area contributed by atoms with Crippen molar-refractivity contribution in [2.24, 2.45) is 0 Å². The molecule has 1 aliphatic rings. The number of hydrogen-bond donors (Lipinski definition) is 1. The van der Waals surface area contributed by atoms with Crippen LogP contribution < -0.4 is 0 Å². The average Bonchev–Trinajstić information content (AvgIpc) is 2.94. The Kier molecular flexibility index (Phi) is 4.79. The summed E-state index contributed by atoms with van der Waals surface area (Å²) in [5.41, 5.74) is 2.32. The molecule has 1 atom stereocenters. The minimum atomic E-state index is -0.945. The maximum Gasteiger partial charge on any atom is 0.410 e. The van der Waals surface area contributed by atoms with Gasteiger partial charge in [0, 0.05) is 6.54 Å². The number of carboxylic acids is 1. The lowest BCUT2D eigenvalue weighted by Crippen LogP contribution is -2.36. The molecule has 24 heavy (non-hydrogen) atoms.